The lowest BCUT2D eigenvalue weighted by atomic mass is 9.92. The second-order valence-electron chi connectivity index (χ2n) is 7.03. The zero-order valence-corrected chi connectivity index (χ0v) is 17.4. The van der Waals surface area contributed by atoms with Gasteiger partial charge >= 0.3 is 6.03 Å². The summed E-state index contributed by atoms with van der Waals surface area (Å²) in [6.07, 6.45) is 5.57. The summed E-state index contributed by atoms with van der Waals surface area (Å²) in [5.74, 6) is 1.11. The van der Waals surface area contributed by atoms with Gasteiger partial charge in [0.1, 0.15) is 11.5 Å². The highest BCUT2D eigenvalue weighted by Gasteiger charge is 2.19. The lowest BCUT2D eigenvalue weighted by Crippen LogP contribution is -2.32. The van der Waals surface area contributed by atoms with Crippen molar-refractivity contribution in [3.63, 3.8) is 0 Å². The molecule has 0 saturated carbocycles. The van der Waals surface area contributed by atoms with Crippen LogP contribution in [0.2, 0.25) is 0 Å². The minimum Gasteiger partial charge on any atom is -0.497 e. The number of aromatic amines is 1. The first-order valence-electron chi connectivity index (χ1n) is 9.92. The van der Waals surface area contributed by atoms with Crippen LogP contribution in [0.1, 0.15) is 17.0 Å². The van der Waals surface area contributed by atoms with Gasteiger partial charge in [0, 0.05) is 48.0 Å². The molecule has 31 heavy (non-hydrogen) atoms. The van der Waals surface area contributed by atoms with E-state index < -0.39 is 0 Å². The summed E-state index contributed by atoms with van der Waals surface area (Å²) in [4.78, 5) is 20.2. The molecule has 0 radical (unpaired) electrons. The quantitative estimate of drug-likeness (QED) is 0.413. The maximum Gasteiger partial charge on any atom is 0.319 e. The van der Waals surface area contributed by atoms with Crippen molar-refractivity contribution in [2.45, 2.75) is 5.92 Å². The number of fused-ring (bicyclic) bond motifs is 1. The van der Waals surface area contributed by atoms with E-state index in [1.165, 1.54) is 0 Å². The number of pyridine rings is 1. The largest absolute Gasteiger partial charge is 0.497 e. The van der Waals surface area contributed by atoms with Crippen LogP contribution in [0, 0.1) is 0 Å². The number of hydrogen-bond donors (Lipinski definition) is 3. The molecule has 2 aromatic heterocycles. The number of nitrogens with one attached hydrogen (secondary N) is 3. The van der Waals surface area contributed by atoms with E-state index in [0.29, 0.717) is 23.7 Å². The summed E-state index contributed by atoms with van der Waals surface area (Å²) in [6, 6.07) is 17.0. The molecule has 2 heterocycles. The van der Waals surface area contributed by atoms with Crippen molar-refractivity contribution in [1.29, 1.82) is 0 Å². The van der Waals surface area contributed by atoms with Gasteiger partial charge in [-0.1, -0.05) is 24.3 Å². The van der Waals surface area contributed by atoms with Gasteiger partial charge in [-0.25, -0.2) is 4.79 Å². The molecule has 0 aliphatic rings. The number of amides is 2. The Bertz CT molecular complexity index is 1170. The Labute approximate surface area is 180 Å². The number of methoxy groups -OCH3 is 2. The number of benzene rings is 2. The van der Waals surface area contributed by atoms with E-state index in [0.717, 1.165) is 22.0 Å². The number of hydrogen-bond acceptors (Lipinski definition) is 4. The molecule has 2 amide bonds. The summed E-state index contributed by atoms with van der Waals surface area (Å²) in [5.41, 5.74) is 3.74. The predicted molar refractivity (Wildman–Crippen MR) is 121 cm³/mol. The average molecular weight is 416 g/mol. The zero-order valence-electron chi connectivity index (χ0n) is 17.4. The lowest BCUT2D eigenvalue weighted by molar-refractivity contribution is 0.251. The number of ether oxygens (including phenoxy) is 2. The van der Waals surface area contributed by atoms with Gasteiger partial charge in [-0.2, -0.15) is 0 Å². The van der Waals surface area contributed by atoms with Crippen LogP contribution >= 0.6 is 0 Å². The van der Waals surface area contributed by atoms with Crippen LogP contribution in [0.15, 0.2) is 73.2 Å². The van der Waals surface area contributed by atoms with Crippen molar-refractivity contribution in [2.24, 2.45) is 0 Å². The maximum atomic E-state index is 12.7. The van der Waals surface area contributed by atoms with Crippen LogP contribution in [0.5, 0.6) is 11.5 Å². The first kappa shape index (κ1) is 20.3. The Hall–Kier alpha value is -4.00. The van der Waals surface area contributed by atoms with E-state index >= 15 is 0 Å². The molecule has 1 atom stereocenters. The number of rotatable bonds is 7. The van der Waals surface area contributed by atoms with Gasteiger partial charge in [0.2, 0.25) is 0 Å². The lowest BCUT2D eigenvalue weighted by Gasteiger charge is -2.18. The molecule has 4 rings (SSSR count). The number of nitrogens with zero attached hydrogens (tertiary/aromatic N) is 1. The fourth-order valence-electron chi connectivity index (χ4n) is 3.63. The Balaban J connectivity index is 1.54. The molecule has 0 fully saturated rings. The molecule has 4 aromatic rings. The van der Waals surface area contributed by atoms with Gasteiger partial charge in [-0.15, -0.1) is 0 Å². The van der Waals surface area contributed by atoms with E-state index in [-0.39, 0.29) is 11.9 Å². The molecule has 7 heteroatoms. The first-order chi connectivity index (χ1) is 15.2. The third-order valence-electron chi connectivity index (χ3n) is 5.21. The van der Waals surface area contributed by atoms with Gasteiger partial charge in [0.25, 0.3) is 0 Å². The van der Waals surface area contributed by atoms with Crippen molar-refractivity contribution in [1.82, 2.24) is 15.3 Å². The fourth-order valence-corrected chi connectivity index (χ4v) is 3.63. The fraction of sp³-hybridized carbons (Fsp3) is 0.167. The smallest absolute Gasteiger partial charge is 0.319 e. The van der Waals surface area contributed by atoms with E-state index in [2.05, 4.69) is 26.7 Å². The zero-order chi connectivity index (χ0) is 21.6. The van der Waals surface area contributed by atoms with Crippen LogP contribution in [-0.4, -0.2) is 36.8 Å². The van der Waals surface area contributed by atoms with Crippen molar-refractivity contribution in [3.05, 3.63) is 84.3 Å². The molecule has 2 aromatic carbocycles. The van der Waals surface area contributed by atoms with E-state index in [1.807, 2.05) is 42.7 Å². The molecule has 0 bridgehead atoms. The second kappa shape index (κ2) is 9.21. The number of anilines is 1. The number of H-pyrrole nitrogens is 1. The Morgan fingerprint density at radius 2 is 1.97 bits per heavy atom. The molecule has 158 valence electrons. The highest BCUT2D eigenvalue weighted by molar-refractivity contribution is 5.91. The van der Waals surface area contributed by atoms with Gasteiger partial charge in [-0.05, 0) is 35.4 Å². The molecular weight excluding hydrogens is 392 g/mol. The molecule has 0 aliphatic carbocycles. The van der Waals surface area contributed by atoms with Crippen LogP contribution in [0.25, 0.3) is 10.9 Å². The summed E-state index contributed by atoms with van der Waals surface area (Å²) in [5, 5.41) is 6.95. The van der Waals surface area contributed by atoms with Crippen LogP contribution in [0.4, 0.5) is 10.5 Å². The minimum atomic E-state index is -0.322. The second-order valence-corrected chi connectivity index (χ2v) is 7.03. The Morgan fingerprint density at radius 3 is 2.74 bits per heavy atom. The standard InChI is InChI=1S/C24H24N4O3/c1-30-17-9-10-22(23(12-17)31-2)28-24(29)27-14-19(16-6-5-11-25-13-16)20-15-26-21-8-4-3-7-18(20)21/h3-13,15,19,26H,14H2,1-2H3,(H2,27,28,29)/t19-/m0/s1. The van der Waals surface area contributed by atoms with Gasteiger partial charge < -0.3 is 25.1 Å². The topological polar surface area (TPSA) is 88.3 Å². The maximum absolute atomic E-state index is 12.7. The van der Waals surface area contributed by atoms with Crippen LogP contribution in [0.3, 0.4) is 0 Å². The molecule has 7 nitrogen and oxygen atoms in total. The summed E-state index contributed by atoms with van der Waals surface area (Å²) >= 11 is 0. The van der Waals surface area contributed by atoms with Crippen LogP contribution < -0.4 is 20.1 Å². The third-order valence-corrected chi connectivity index (χ3v) is 5.21. The van der Waals surface area contributed by atoms with Gasteiger partial charge in [0.15, 0.2) is 0 Å². The van der Waals surface area contributed by atoms with Crippen LogP contribution in [-0.2, 0) is 0 Å². The van der Waals surface area contributed by atoms with Crippen molar-refractivity contribution < 1.29 is 14.3 Å². The minimum absolute atomic E-state index is 0.0617. The molecule has 0 aliphatic heterocycles. The van der Waals surface area contributed by atoms with E-state index in [1.54, 1.807) is 38.6 Å². The highest BCUT2D eigenvalue weighted by atomic mass is 16.5. The Kier molecular flexibility index (Phi) is 6.03. The van der Waals surface area contributed by atoms with Crippen molar-refractivity contribution in [3.8, 4) is 11.5 Å². The van der Waals surface area contributed by atoms with Crippen molar-refractivity contribution >= 4 is 22.6 Å². The van der Waals surface area contributed by atoms with Gasteiger partial charge in [-0.3, -0.25) is 4.98 Å². The number of para-hydroxylation sites is 1. The average Bonchev–Trinajstić information content (AvgIpc) is 3.24. The SMILES string of the molecule is COc1ccc(NC(=O)NC[C@@H](c2cccnc2)c2c[nH]c3ccccc23)c(OC)c1. The molecular formula is C24H24N4O3. The Morgan fingerprint density at radius 1 is 1.10 bits per heavy atom. The first-order valence-corrected chi connectivity index (χ1v) is 9.92. The summed E-state index contributed by atoms with van der Waals surface area (Å²) in [6.45, 7) is 0.401. The van der Waals surface area contributed by atoms with Crippen molar-refractivity contribution in [2.75, 3.05) is 26.1 Å². The monoisotopic (exact) mass is 416 g/mol. The number of aromatic nitrogens is 2. The normalized spacial score (nSPS) is 11.7. The molecule has 0 saturated heterocycles. The molecule has 3 N–H and O–H groups in total. The number of carbonyl (C=O) groups is 1. The molecule has 0 spiro atoms. The number of carbonyl (C=O) groups excluding carboxylic acids is 1. The third kappa shape index (κ3) is 4.45. The highest BCUT2D eigenvalue weighted by Crippen LogP contribution is 2.31. The molecule has 0 unspecified atom stereocenters. The number of urea groups is 1. The van der Waals surface area contributed by atoms with E-state index in [9.17, 15) is 4.79 Å². The van der Waals surface area contributed by atoms with Gasteiger partial charge in [0.05, 0.1) is 19.9 Å². The summed E-state index contributed by atoms with van der Waals surface area (Å²) in [7, 11) is 3.13. The van der Waals surface area contributed by atoms with E-state index in [4.69, 9.17) is 9.47 Å². The summed E-state index contributed by atoms with van der Waals surface area (Å²) < 4.78 is 10.6. The predicted octanol–water partition coefficient (Wildman–Crippen LogP) is 4.53.